The number of rotatable bonds is 7. The van der Waals surface area contributed by atoms with Crippen molar-refractivity contribution in [2.45, 2.75) is 6.54 Å². The van der Waals surface area contributed by atoms with Crippen LogP contribution in [0, 0.1) is 0 Å². The van der Waals surface area contributed by atoms with Gasteiger partial charge in [0.15, 0.2) is 0 Å². The molecule has 0 aliphatic rings. The summed E-state index contributed by atoms with van der Waals surface area (Å²) in [6, 6.07) is 13.7. The summed E-state index contributed by atoms with van der Waals surface area (Å²) >= 11 is 6.16. The van der Waals surface area contributed by atoms with Crippen molar-refractivity contribution in [1.82, 2.24) is 14.7 Å². The van der Waals surface area contributed by atoms with Crippen molar-refractivity contribution in [2.75, 3.05) is 34.4 Å². The lowest BCUT2D eigenvalue weighted by Gasteiger charge is -2.09. The monoisotopic (exact) mass is 359 g/mol. The Kier molecular flexibility index (Phi) is 5.46. The molecular formula is C19H22ClN3O2. The quantitative estimate of drug-likeness (QED) is 0.645. The number of methoxy groups -OCH3 is 1. The van der Waals surface area contributed by atoms with Crippen LogP contribution in [0.25, 0.3) is 10.9 Å². The van der Waals surface area contributed by atoms with Crippen LogP contribution in [-0.2, 0) is 6.54 Å². The predicted octanol–water partition coefficient (Wildman–Crippen LogP) is 3.69. The van der Waals surface area contributed by atoms with E-state index in [1.807, 2.05) is 61.2 Å². The van der Waals surface area contributed by atoms with Crippen molar-refractivity contribution in [3.05, 3.63) is 53.1 Å². The minimum absolute atomic E-state index is 0.578. The van der Waals surface area contributed by atoms with Crippen LogP contribution in [0.3, 0.4) is 0 Å². The smallest absolute Gasteiger partial charge is 0.240 e. The molecule has 0 unspecified atom stereocenters. The Hall–Kier alpha value is -2.24. The zero-order chi connectivity index (χ0) is 17.8. The molecule has 3 aromatic rings. The predicted molar refractivity (Wildman–Crippen MR) is 101 cm³/mol. The number of hydrogen-bond donors (Lipinski definition) is 0. The van der Waals surface area contributed by atoms with Gasteiger partial charge < -0.3 is 14.4 Å². The molecule has 0 spiro atoms. The van der Waals surface area contributed by atoms with Crippen molar-refractivity contribution in [3.8, 4) is 11.6 Å². The molecule has 0 saturated heterocycles. The SMILES string of the molecule is COc1ccc(Cn2nc(OCCN(C)C)c3cc(Cl)ccc32)cc1. The summed E-state index contributed by atoms with van der Waals surface area (Å²) in [5.41, 5.74) is 2.14. The largest absolute Gasteiger partial charge is 0.497 e. The maximum Gasteiger partial charge on any atom is 0.240 e. The topological polar surface area (TPSA) is 39.5 Å². The Morgan fingerprint density at radius 1 is 1.12 bits per heavy atom. The first-order chi connectivity index (χ1) is 12.1. The van der Waals surface area contributed by atoms with Gasteiger partial charge in [-0.2, -0.15) is 0 Å². The molecule has 132 valence electrons. The van der Waals surface area contributed by atoms with Crippen molar-refractivity contribution in [3.63, 3.8) is 0 Å². The Balaban J connectivity index is 1.88. The lowest BCUT2D eigenvalue weighted by Crippen LogP contribution is -2.19. The minimum atomic E-state index is 0.578. The number of nitrogens with zero attached hydrogens (tertiary/aromatic N) is 3. The van der Waals surface area contributed by atoms with Crippen LogP contribution < -0.4 is 9.47 Å². The number of benzene rings is 2. The van der Waals surface area contributed by atoms with Crippen LogP contribution in [0.15, 0.2) is 42.5 Å². The molecule has 1 aromatic heterocycles. The van der Waals surface area contributed by atoms with Gasteiger partial charge in [0, 0.05) is 11.6 Å². The average Bonchev–Trinajstić information content (AvgIpc) is 2.92. The zero-order valence-electron chi connectivity index (χ0n) is 14.7. The number of likely N-dealkylation sites (N-methyl/N-ethyl adjacent to an activating group) is 1. The minimum Gasteiger partial charge on any atom is -0.497 e. The summed E-state index contributed by atoms with van der Waals surface area (Å²) in [7, 11) is 5.69. The number of halogens is 1. The second-order valence-electron chi connectivity index (χ2n) is 6.12. The molecule has 0 atom stereocenters. The molecular weight excluding hydrogens is 338 g/mol. The van der Waals surface area contributed by atoms with Gasteiger partial charge in [-0.05, 0) is 50.0 Å². The fraction of sp³-hybridized carbons (Fsp3) is 0.316. The van der Waals surface area contributed by atoms with Gasteiger partial charge in [-0.15, -0.1) is 5.10 Å². The van der Waals surface area contributed by atoms with Crippen LogP contribution in [0.5, 0.6) is 11.6 Å². The van der Waals surface area contributed by atoms with E-state index in [1.165, 1.54) is 0 Å². The van der Waals surface area contributed by atoms with Gasteiger partial charge in [-0.1, -0.05) is 23.7 Å². The van der Waals surface area contributed by atoms with E-state index >= 15 is 0 Å². The van der Waals surface area contributed by atoms with Gasteiger partial charge >= 0.3 is 0 Å². The van der Waals surface area contributed by atoms with Crippen molar-refractivity contribution < 1.29 is 9.47 Å². The zero-order valence-corrected chi connectivity index (χ0v) is 15.5. The van der Waals surface area contributed by atoms with Crippen molar-refractivity contribution >= 4 is 22.5 Å². The van der Waals surface area contributed by atoms with Crippen LogP contribution in [0.4, 0.5) is 0 Å². The van der Waals surface area contributed by atoms with Crippen LogP contribution >= 0.6 is 11.6 Å². The second kappa shape index (κ2) is 7.76. The molecule has 0 aliphatic carbocycles. The molecule has 3 rings (SSSR count). The summed E-state index contributed by atoms with van der Waals surface area (Å²) in [5.74, 6) is 1.46. The number of hydrogen-bond acceptors (Lipinski definition) is 4. The molecule has 6 heteroatoms. The summed E-state index contributed by atoms with van der Waals surface area (Å²) < 4.78 is 13.0. The summed E-state index contributed by atoms with van der Waals surface area (Å²) in [5, 5.41) is 6.26. The maximum atomic E-state index is 6.16. The average molecular weight is 360 g/mol. The first kappa shape index (κ1) is 17.6. The van der Waals surface area contributed by atoms with Crippen LogP contribution in [-0.4, -0.2) is 49.0 Å². The van der Waals surface area contributed by atoms with Crippen LogP contribution in [0.2, 0.25) is 5.02 Å². The first-order valence-electron chi connectivity index (χ1n) is 8.13. The van der Waals surface area contributed by atoms with Gasteiger partial charge in [-0.25, -0.2) is 0 Å². The molecule has 0 aliphatic heterocycles. The normalized spacial score (nSPS) is 11.2. The van der Waals surface area contributed by atoms with Gasteiger partial charge in [0.1, 0.15) is 12.4 Å². The van der Waals surface area contributed by atoms with Gasteiger partial charge in [0.05, 0.1) is 24.6 Å². The second-order valence-corrected chi connectivity index (χ2v) is 6.56. The van der Waals surface area contributed by atoms with Gasteiger partial charge in [0.25, 0.3) is 0 Å². The summed E-state index contributed by atoms with van der Waals surface area (Å²) in [6.07, 6.45) is 0. The summed E-state index contributed by atoms with van der Waals surface area (Å²) in [4.78, 5) is 2.07. The first-order valence-corrected chi connectivity index (χ1v) is 8.51. The highest BCUT2D eigenvalue weighted by Crippen LogP contribution is 2.28. The Labute approximate surface area is 152 Å². The molecule has 0 amide bonds. The Morgan fingerprint density at radius 2 is 1.88 bits per heavy atom. The highest BCUT2D eigenvalue weighted by atomic mass is 35.5. The molecule has 1 heterocycles. The molecule has 0 N–H and O–H groups in total. The molecule has 0 saturated carbocycles. The lowest BCUT2D eigenvalue weighted by molar-refractivity contribution is 0.254. The standard InChI is InChI=1S/C19H22ClN3O2/c1-22(2)10-11-25-19-17-12-15(20)6-9-18(17)23(21-19)13-14-4-7-16(24-3)8-5-14/h4-9,12H,10-11,13H2,1-3H3. The highest BCUT2D eigenvalue weighted by Gasteiger charge is 2.13. The molecule has 0 radical (unpaired) electrons. The number of fused-ring (bicyclic) bond motifs is 1. The third kappa shape index (κ3) is 4.24. The van der Waals surface area contributed by atoms with E-state index in [0.717, 1.165) is 28.8 Å². The molecule has 5 nitrogen and oxygen atoms in total. The fourth-order valence-corrected chi connectivity index (χ4v) is 2.75. The van der Waals surface area contributed by atoms with E-state index in [0.29, 0.717) is 24.1 Å². The Morgan fingerprint density at radius 3 is 2.56 bits per heavy atom. The van der Waals surface area contributed by atoms with Crippen molar-refractivity contribution in [2.24, 2.45) is 0 Å². The molecule has 0 fully saturated rings. The molecule has 0 bridgehead atoms. The van der Waals surface area contributed by atoms with E-state index in [-0.39, 0.29) is 0 Å². The third-order valence-corrected chi connectivity index (χ3v) is 4.18. The third-order valence-electron chi connectivity index (χ3n) is 3.95. The maximum absolute atomic E-state index is 6.16. The van der Waals surface area contributed by atoms with Crippen molar-refractivity contribution in [1.29, 1.82) is 0 Å². The van der Waals surface area contributed by atoms with E-state index < -0.39 is 0 Å². The lowest BCUT2D eigenvalue weighted by atomic mass is 10.2. The Bertz CT molecular complexity index is 844. The van der Waals surface area contributed by atoms with Gasteiger partial charge in [0.2, 0.25) is 5.88 Å². The van der Waals surface area contributed by atoms with E-state index in [1.54, 1.807) is 7.11 Å². The van der Waals surface area contributed by atoms with E-state index in [2.05, 4.69) is 10.00 Å². The molecule has 2 aromatic carbocycles. The van der Waals surface area contributed by atoms with Gasteiger partial charge in [-0.3, -0.25) is 4.68 Å². The van der Waals surface area contributed by atoms with Crippen LogP contribution in [0.1, 0.15) is 5.56 Å². The van der Waals surface area contributed by atoms with E-state index in [9.17, 15) is 0 Å². The number of aromatic nitrogens is 2. The molecule has 25 heavy (non-hydrogen) atoms. The van der Waals surface area contributed by atoms with E-state index in [4.69, 9.17) is 21.1 Å². The number of ether oxygens (including phenoxy) is 2. The summed E-state index contributed by atoms with van der Waals surface area (Å²) in [6.45, 7) is 2.06. The fourth-order valence-electron chi connectivity index (χ4n) is 2.58. The highest BCUT2D eigenvalue weighted by molar-refractivity contribution is 6.31.